The van der Waals surface area contributed by atoms with E-state index >= 15 is 0 Å². The molecule has 2 aromatic carbocycles. The molecule has 5 aliphatic rings. The maximum atomic E-state index is 13.4. The van der Waals surface area contributed by atoms with Crippen LogP contribution >= 0.6 is 0 Å². The third kappa shape index (κ3) is 3.88. The number of carbonyl (C=O) groups is 2. The highest BCUT2D eigenvalue weighted by Gasteiger charge is 2.67. The predicted octanol–water partition coefficient (Wildman–Crippen LogP) is 4.31. The minimum atomic E-state index is -0.444. The summed E-state index contributed by atoms with van der Waals surface area (Å²) in [6.07, 6.45) is 9.40. The van der Waals surface area contributed by atoms with E-state index in [1.54, 1.807) is 12.1 Å². The third-order valence-corrected chi connectivity index (χ3v) is 10.00. The van der Waals surface area contributed by atoms with Crippen molar-refractivity contribution in [1.82, 2.24) is 9.80 Å². The Morgan fingerprint density at radius 1 is 1.21 bits per heavy atom. The summed E-state index contributed by atoms with van der Waals surface area (Å²) in [6.45, 7) is 3.48. The van der Waals surface area contributed by atoms with Crippen LogP contribution in [0.25, 0.3) is 6.08 Å². The Kier molecular flexibility index (Phi) is 5.78. The second kappa shape index (κ2) is 9.12. The Morgan fingerprint density at radius 2 is 2.00 bits per heavy atom. The highest BCUT2D eigenvalue weighted by molar-refractivity contribution is 5.92. The number of likely N-dealkylation sites (N-methyl/N-ethyl adjacent to an activating group) is 1. The number of phenols is 1. The molecule has 5 atom stereocenters. The maximum Gasteiger partial charge on any atom is 0.308 e. The first-order valence-corrected chi connectivity index (χ1v) is 14.3. The van der Waals surface area contributed by atoms with Gasteiger partial charge in [-0.3, -0.25) is 14.5 Å². The van der Waals surface area contributed by atoms with Gasteiger partial charge in [0.25, 0.3) is 0 Å². The molecule has 1 saturated heterocycles. The maximum absolute atomic E-state index is 13.4. The van der Waals surface area contributed by atoms with Gasteiger partial charge in [-0.05, 0) is 68.5 Å². The Morgan fingerprint density at radius 3 is 2.74 bits per heavy atom. The number of nitrogens with zero attached hydrogens (tertiary/aromatic N) is 2. The number of aromatic hydroxyl groups is 1. The van der Waals surface area contributed by atoms with E-state index in [0.717, 1.165) is 61.4 Å². The lowest BCUT2D eigenvalue weighted by Crippen LogP contribution is -2.69. The number of carbonyl (C=O) groups excluding carboxylic acids is 2. The third-order valence-electron chi connectivity index (χ3n) is 10.00. The zero-order chi connectivity index (χ0) is 26.9. The van der Waals surface area contributed by atoms with Crippen LogP contribution < -0.4 is 9.47 Å². The van der Waals surface area contributed by atoms with Gasteiger partial charge in [-0.1, -0.05) is 30.3 Å². The quantitative estimate of drug-likeness (QED) is 0.342. The zero-order valence-electron chi connectivity index (χ0n) is 22.6. The van der Waals surface area contributed by atoms with Crippen molar-refractivity contribution in [3.8, 4) is 17.2 Å². The van der Waals surface area contributed by atoms with Gasteiger partial charge in [0, 0.05) is 55.2 Å². The van der Waals surface area contributed by atoms with Crippen molar-refractivity contribution in [2.45, 2.75) is 69.1 Å². The predicted molar refractivity (Wildman–Crippen MR) is 147 cm³/mol. The van der Waals surface area contributed by atoms with Crippen LogP contribution in [0.2, 0.25) is 0 Å². The van der Waals surface area contributed by atoms with Crippen LogP contribution in [-0.2, 0) is 21.4 Å². The van der Waals surface area contributed by atoms with Gasteiger partial charge in [0.15, 0.2) is 11.5 Å². The van der Waals surface area contributed by atoms with Crippen molar-refractivity contribution < 1.29 is 24.2 Å². The smallest absolute Gasteiger partial charge is 0.308 e. The summed E-state index contributed by atoms with van der Waals surface area (Å²) in [4.78, 5) is 29.9. The van der Waals surface area contributed by atoms with Crippen molar-refractivity contribution in [2.24, 2.45) is 11.8 Å². The number of hydrogen-bond acceptors (Lipinski definition) is 6. The van der Waals surface area contributed by atoms with Crippen LogP contribution in [0.15, 0.2) is 42.5 Å². The molecule has 39 heavy (non-hydrogen) atoms. The van der Waals surface area contributed by atoms with Gasteiger partial charge in [-0.15, -0.1) is 0 Å². The number of likely N-dealkylation sites (tertiary alicyclic amines) is 1. The van der Waals surface area contributed by atoms with E-state index in [2.05, 4.69) is 4.90 Å². The fourth-order valence-corrected chi connectivity index (χ4v) is 8.15. The summed E-state index contributed by atoms with van der Waals surface area (Å²) in [7, 11) is 1.87. The van der Waals surface area contributed by atoms with Crippen LogP contribution in [0.3, 0.4) is 0 Å². The van der Waals surface area contributed by atoms with Crippen molar-refractivity contribution in [1.29, 1.82) is 0 Å². The molecule has 2 saturated carbocycles. The van der Waals surface area contributed by atoms with Crippen molar-refractivity contribution in [2.75, 3.05) is 20.1 Å². The van der Waals surface area contributed by atoms with Crippen LogP contribution in [0.5, 0.6) is 17.2 Å². The van der Waals surface area contributed by atoms with E-state index in [-0.39, 0.29) is 35.0 Å². The molecule has 1 spiro atoms. The topological polar surface area (TPSA) is 79.3 Å². The molecule has 7 nitrogen and oxygen atoms in total. The van der Waals surface area contributed by atoms with E-state index in [4.69, 9.17) is 9.47 Å². The molecule has 1 amide bonds. The monoisotopic (exact) mass is 528 g/mol. The molecule has 204 valence electrons. The van der Waals surface area contributed by atoms with Gasteiger partial charge >= 0.3 is 5.97 Å². The Labute approximate surface area is 229 Å². The number of phenolic OH excluding ortho intramolecular Hbond substituents is 1. The first kappa shape index (κ1) is 24.7. The summed E-state index contributed by atoms with van der Waals surface area (Å²) in [5.41, 5.74) is 2.63. The van der Waals surface area contributed by atoms with Gasteiger partial charge in [-0.25, -0.2) is 0 Å². The molecule has 2 bridgehead atoms. The number of rotatable bonds is 6. The van der Waals surface area contributed by atoms with Gasteiger partial charge in [0.1, 0.15) is 11.9 Å². The first-order chi connectivity index (χ1) is 18.9. The second-order valence-electron chi connectivity index (χ2n) is 12.2. The van der Waals surface area contributed by atoms with E-state index in [1.165, 1.54) is 19.8 Å². The molecule has 2 aromatic rings. The standard InChI is InChI=1S/C32H36N2O5/c1-19(35)38-27-17-26(36)22-16-25-23-11-12-24(33(2)28(37)13-10-20-6-4-3-5-7-20)31-32(23,29(22)30(27)39-31)14-15-34(25)18-21-8-9-21/h3-7,10,13,17,21,23-25,31,36H,8-9,11-12,14-16,18H2,1-2H3/t23-,24+,25+,31-,32-/m0/s1. The molecule has 0 aromatic heterocycles. The fourth-order valence-electron chi connectivity index (χ4n) is 8.15. The summed E-state index contributed by atoms with van der Waals surface area (Å²) in [5.74, 6) is 1.73. The zero-order valence-corrected chi connectivity index (χ0v) is 22.6. The second-order valence-corrected chi connectivity index (χ2v) is 12.2. The lowest BCUT2D eigenvalue weighted by Gasteiger charge is -2.60. The molecule has 0 unspecified atom stereocenters. The van der Waals surface area contributed by atoms with Crippen LogP contribution in [-0.4, -0.2) is 65.1 Å². The van der Waals surface area contributed by atoms with Crippen molar-refractivity contribution in [3.05, 3.63) is 59.2 Å². The minimum Gasteiger partial charge on any atom is -0.508 e. The highest BCUT2D eigenvalue weighted by Crippen LogP contribution is 2.65. The minimum absolute atomic E-state index is 0.0555. The van der Waals surface area contributed by atoms with Crippen LogP contribution in [0.1, 0.15) is 55.7 Å². The summed E-state index contributed by atoms with van der Waals surface area (Å²) >= 11 is 0. The van der Waals surface area contributed by atoms with Gasteiger partial charge in [0.2, 0.25) is 5.91 Å². The molecule has 3 fully saturated rings. The molecule has 3 aliphatic carbocycles. The van der Waals surface area contributed by atoms with E-state index in [0.29, 0.717) is 17.7 Å². The molecule has 2 heterocycles. The molecule has 2 aliphatic heterocycles. The number of esters is 1. The number of piperidine rings is 1. The molecule has 7 rings (SSSR count). The van der Waals surface area contributed by atoms with Gasteiger partial charge < -0.3 is 19.5 Å². The average molecular weight is 529 g/mol. The molecule has 1 N–H and O–H groups in total. The highest BCUT2D eigenvalue weighted by atomic mass is 16.6. The SMILES string of the molecule is CC(=O)Oc1cc(O)c2c3c1O[C@H]1[C@H](N(C)C(=O)C=Cc4ccccc4)CC[C@H]4[C@@H](C2)N(CC2CC2)CC[C@@]341. The molecular weight excluding hydrogens is 492 g/mol. The van der Waals surface area contributed by atoms with Crippen molar-refractivity contribution >= 4 is 18.0 Å². The van der Waals surface area contributed by atoms with Crippen molar-refractivity contribution in [3.63, 3.8) is 0 Å². The Bertz CT molecular complexity index is 1350. The number of ether oxygens (including phenoxy) is 2. The van der Waals surface area contributed by atoms with Gasteiger partial charge in [-0.2, -0.15) is 0 Å². The summed E-state index contributed by atoms with van der Waals surface area (Å²) in [6, 6.07) is 11.6. The Balaban J connectivity index is 1.28. The van der Waals surface area contributed by atoms with E-state index < -0.39 is 5.97 Å². The van der Waals surface area contributed by atoms with Gasteiger partial charge in [0.05, 0.1) is 6.04 Å². The number of benzene rings is 2. The summed E-state index contributed by atoms with van der Waals surface area (Å²) in [5, 5.41) is 11.2. The van der Waals surface area contributed by atoms with Crippen LogP contribution in [0.4, 0.5) is 0 Å². The molecule has 7 heteroatoms. The van der Waals surface area contributed by atoms with Crippen LogP contribution in [0, 0.1) is 11.8 Å². The first-order valence-electron chi connectivity index (χ1n) is 14.3. The number of hydrogen-bond donors (Lipinski definition) is 1. The average Bonchev–Trinajstić information content (AvgIpc) is 3.68. The fraction of sp³-hybridized carbons (Fsp3) is 0.500. The van der Waals surface area contributed by atoms with E-state index in [1.807, 2.05) is 48.4 Å². The molecule has 0 radical (unpaired) electrons. The normalized spacial score (nSPS) is 30.5. The number of amides is 1. The Hall–Kier alpha value is -3.32. The lowest BCUT2D eigenvalue weighted by atomic mass is 9.50. The summed E-state index contributed by atoms with van der Waals surface area (Å²) < 4.78 is 12.4. The lowest BCUT2D eigenvalue weighted by molar-refractivity contribution is -0.135. The largest absolute Gasteiger partial charge is 0.508 e. The van der Waals surface area contributed by atoms with E-state index in [9.17, 15) is 14.7 Å². The molecular formula is C32H36N2O5.